The summed E-state index contributed by atoms with van der Waals surface area (Å²) in [6.45, 7) is 0. The molecule has 0 bridgehead atoms. The van der Waals surface area contributed by atoms with Crippen molar-refractivity contribution < 1.29 is 4.92 Å². The molecule has 0 amide bonds. The number of benzene rings is 5. The minimum absolute atomic E-state index is 0.126. The minimum atomic E-state index is -0.528. The molecule has 0 heterocycles. The van der Waals surface area contributed by atoms with Gasteiger partial charge in [-0.2, -0.15) is 0 Å². The fourth-order valence-corrected chi connectivity index (χ4v) is 6.24. The standard InChI is InChI=1S/C31H19NO2/c33-32(34)29-19-8-4-13-23(29)25-15-9-14-24-22-12-3-7-18-28(22)31(30(24)25)26-16-5-1-10-20(26)21-11-2-6-17-27(21)31/h1-19H. The molecule has 0 saturated heterocycles. The van der Waals surface area contributed by atoms with Crippen LogP contribution in [0.1, 0.15) is 22.3 Å². The number of para-hydroxylation sites is 1. The van der Waals surface area contributed by atoms with Crippen LogP contribution in [0.5, 0.6) is 0 Å². The average Bonchev–Trinajstić information content (AvgIpc) is 3.36. The number of fused-ring (bicyclic) bond motifs is 10. The van der Waals surface area contributed by atoms with E-state index in [1.807, 2.05) is 24.3 Å². The highest BCUT2D eigenvalue weighted by Crippen LogP contribution is 2.64. The molecule has 0 saturated carbocycles. The van der Waals surface area contributed by atoms with Crippen molar-refractivity contribution >= 4 is 5.69 Å². The molecule has 0 radical (unpaired) electrons. The maximum Gasteiger partial charge on any atom is 0.277 e. The summed E-state index contributed by atoms with van der Waals surface area (Å²) in [5, 5.41) is 12.0. The van der Waals surface area contributed by atoms with Crippen LogP contribution in [0.25, 0.3) is 33.4 Å². The molecule has 0 aromatic heterocycles. The summed E-state index contributed by atoms with van der Waals surface area (Å²) < 4.78 is 0. The van der Waals surface area contributed by atoms with Crippen molar-refractivity contribution in [2.24, 2.45) is 0 Å². The van der Waals surface area contributed by atoms with Gasteiger partial charge in [-0.15, -0.1) is 0 Å². The van der Waals surface area contributed by atoms with Crippen molar-refractivity contribution in [2.45, 2.75) is 5.41 Å². The predicted molar refractivity (Wildman–Crippen MR) is 135 cm³/mol. The lowest BCUT2D eigenvalue weighted by atomic mass is 9.68. The van der Waals surface area contributed by atoms with Crippen molar-refractivity contribution in [1.29, 1.82) is 0 Å². The van der Waals surface area contributed by atoms with Gasteiger partial charge in [0.05, 0.1) is 15.9 Å². The maximum absolute atomic E-state index is 12.0. The average molecular weight is 437 g/mol. The van der Waals surface area contributed by atoms with Crippen molar-refractivity contribution in [2.75, 3.05) is 0 Å². The van der Waals surface area contributed by atoms with Gasteiger partial charge in [-0.3, -0.25) is 10.1 Å². The molecule has 3 heteroatoms. The second-order valence-electron chi connectivity index (χ2n) is 8.89. The third kappa shape index (κ3) is 2.21. The van der Waals surface area contributed by atoms with Crippen LogP contribution in [0.3, 0.4) is 0 Å². The number of nitro benzene ring substituents is 1. The quantitative estimate of drug-likeness (QED) is 0.206. The van der Waals surface area contributed by atoms with Crippen LogP contribution in [0.15, 0.2) is 115 Å². The van der Waals surface area contributed by atoms with Crippen molar-refractivity contribution in [3.05, 3.63) is 148 Å². The first kappa shape index (κ1) is 19.0. The van der Waals surface area contributed by atoms with Crippen LogP contribution in [0.4, 0.5) is 5.69 Å². The van der Waals surface area contributed by atoms with E-state index in [4.69, 9.17) is 0 Å². The van der Waals surface area contributed by atoms with Crippen molar-refractivity contribution in [3.8, 4) is 33.4 Å². The third-order valence-corrected chi connectivity index (χ3v) is 7.40. The summed E-state index contributed by atoms with van der Waals surface area (Å²) in [6.07, 6.45) is 0. The second-order valence-corrected chi connectivity index (χ2v) is 8.89. The van der Waals surface area contributed by atoms with Gasteiger partial charge in [0.2, 0.25) is 0 Å². The number of nitrogens with zero attached hydrogens (tertiary/aromatic N) is 1. The first-order valence-corrected chi connectivity index (χ1v) is 11.4. The number of hydrogen-bond donors (Lipinski definition) is 0. The van der Waals surface area contributed by atoms with Crippen molar-refractivity contribution in [1.82, 2.24) is 0 Å². The van der Waals surface area contributed by atoms with Gasteiger partial charge in [0.25, 0.3) is 5.69 Å². The highest BCUT2D eigenvalue weighted by Gasteiger charge is 2.52. The van der Waals surface area contributed by atoms with Crippen LogP contribution >= 0.6 is 0 Å². The zero-order valence-electron chi connectivity index (χ0n) is 18.2. The summed E-state index contributed by atoms with van der Waals surface area (Å²) in [5.41, 5.74) is 10.7. The predicted octanol–water partition coefficient (Wildman–Crippen LogP) is 7.61. The molecule has 0 N–H and O–H groups in total. The van der Waals surface area contributed by atoms with Crippen LogP contribution in [0.2, 0.25) is 0 Å². The Morgan fingerprint density at radius 3 is 1.38 bits per heavy atom. The van der Waals surface area contributed by atoms with E-state index >= 15 is 0 Å². The summed E-state index contributed by atoms with van der Waals surface area (Å²) in [4.78, 5) is 11.8. The molecule has 0 unspecified atom stereocenters. The van der Waals surface area contributed by atoms with E-state index in [1.165, 1.54) is 33.4 Å². The summed E-state index contributed by atoms with van der Waals surface area (Å²) in [6, 6.07) is 39.1. The van der Waals surface area contributed by atoms with Gasteiger partial charge >= 0.3 is 0 Å². The van der Waals surface area contributed by atoms with E-state index in [9.17, 15) is 10.1 Å². The molecule has 34 heavy (non-hydrogen) atoms. The maximum atomic E-state index is 12.0. The van der Waals surface area contributed by atoms with Gasteiger partial charge in [0.1, 0.15) is 0 Å². The second kappa shape index (κ2) is 6.75. The fourth-order valence-electron chi connectivity index (χ4n) is 6.24. The van der Waals surface area contributed by atoms with E-state index in [2.05, 4.69) is 78.9 Å². The zero-order valence-corrected chi connectivity index (χ0v) is 18.2. The summed E-state index contributed by atoms with van der Waals surface area (Å²) >= 11 is 0. The zero-order chi connectivity index (χ0) is 22.9. The molecule has 7 rings (SSSR count). The molecule has 2 aliphatic carbocycles. The van der Waals surface area contributed by atoms with E-state index in [-0.39, 0.29) is 10.6 Å². The van der Waals surface area contributed by atoms with E-state index in [1.54, 1.807) is 12.1 Å². The molecule has 5 aromatic carbocycles. The third-order valence-electron chi connectivity index (χ3n) is 7.40. The fraction of sp³-hybridized carbons (Fsp3) is 0.0323. The number of hydrogen-bond acceptors (Lipinski definition) is 2. The van der Waals surface area contributed by atoms with Gasteiger partial charge in [0.15, 0.2) is 0 Å². The SMILES string of the molecule is O=[N+]([O-])c1ccccc1-c1cccc2c1C1(c3ccccc3-c3ccccc31)c1ccccc1-2. The smallest absolute Gasteiger partial charge is 0.258 e. The Bertz CT molecular complexity index is 1590. The van der Waals surface area contributed by atoms with Gasteiger partial charge in [-0.05, 0) is 56.1 Å². The van der Waals surface area contributed by atoms with Crippen LogP contribution < -0.4 is 0 Å². The largest absolute Gasteiger partial charge is 0.277 e. The van der Waals surface area contributed by atoms with Crippen molar-refractivity contribution in [3.63, 3.8) is 0 Å². The summed E-state index contributed by atoms with van der Waals surface area (Å²) in [7, 11) is 0. The lowest BCUT2D eigenvalue weighted by Gasteiger charge is -2.32. The van der Waals surface area contributed by atoms with Gasteiger partial charge in [0, 0.05) is 6.07 Å². The molecule has 0 aliphatic heterocycles. The Balaban J connectivity index is 1.70. The van der Waals surface area contributed by atoms with Crippen LogP contribution in [-0.2, 0) is 5.41 Å². The Morgan fingerprint density at radius 1 is 0.471 bits per heavy atom. The molecular weight excluding hydrogens is 418 g/mol. The van der Waals surface area contributed by atoms with Crippen LogP contribution in [-0.4, -0.2) is 4.92 Å². The molecule has 160 valence electrons. The first-order valence-electron chi connectivity index (χ1n) is 11.4. The highest BCUT2D eigenvalue weighted by molar-refractivity contribution is 5.99. The summed E-state index contributed by atoms with van der Waals surface area (Å²) in [5.74, 6) is 0. The molecule has 1 spiro atoms. The first-order chi connectivity index (χ1) is 16.7. The Hall–Kier alpha value is -4.50. The van der Waals surface area contributed by atoms with Gasteiger partial charge in [-0.1, -0.05) is 103 Å². The molecule has 3 nitrogen and oxygen atoms in total. The van der Waals surface area contributed by atoms with E-state index < -0.39 is 5.41 Å². The molecule has 2 aliphatic rings. The monoisotopic (exact) mass is 437 g/mol. The molecular formula is C31H19NO2. The molecule has 0 fully saturated rings. The topological polar surface area (TPSA) is 43.1 Å². The lowest BCUT2D eigenvalue weighted by Crippen LogP contribution is -2.26. The van der Waals surface area contributed by atoms with E-state index in [0.29, 0.717) is 5.56 Å². The highest BCUT2D eigenvalue weighted by atomic mass is 16.6. The Morgan fingerprint density at radius 2 is 0.853 bits per heavy atom. The van der Waals surface area contributed by atoms with Crippen LogP contribution in [0, 0.1) is 10.1 Å². The van der Waals surface area contributed by atoms with Gasteiger partial charge < -0.3 is 0 Å². The molecule has 5 aromatic rings. The minimum Gasteiger partial charge on any atom is -0.258 e. The lowest BCUT2D eigenvalue weighted by molar-refractivity contribution is -0.384. The number of nitro groups is 1. The Labute approximate surface area is 197 Å². The van der Waals surface area contributed by atoms with Gasteiger partial charge in [-0.25, -0.2) is 0 Å². The normalized spacial score (nSPS) is 13.8. The number of rotatable bonds is 2. The Kier molecular flexibility index (Phi) is 3.78. The molecule has 0 atom stereocenters. The van der Waals surface area contributed by atoms with E-state index in [0.717, 1.165) is 16.7 Å².